The number of hydrogen-bond donors (Lipinski definition) is 1. The van der Waals surface area contributed by atoms with E-state index in [1.165, 1.54) is 19.5 Å². The summed E-state index contributed by atoms with van der Waals surface area (Å²) in [5.41, 5.74) is 5.45. The maximum atomic E-state index is 5.45. The Morgan fingerprint density at radius 3 is 2.38 bits per heavy atom. The van der Waals surface area contributed by atoms with Crippen LogP contribution in [0.15, 0.2) is 12.7 Å². The number of rotatable bonds is 7. The highest BCUT2D eigenvalue weighted by molar-refractivity contribution is 4.65. The molecular formula is C10H23ClN2. The van der Waals surface area contributed by atoms with Gasteiger partial charge in [-0.05, 0) is 32.4 Å². The quantitative estimate of drug-likeness (QED) is 0.303. The fourth-order valence-corrected chi connectivity index (χ4v) is 1.33. The molecule has 1 atom stereocenters. The summed E-state index contributed by atoms with van der Waals surface area (Å²) in [6.07, 6.45) is 4.38. The van der Waals surface area contributed by atoms with Crippen LogP contribution >= 0.6 is 0 Å². The Morgan fingerprint density at radius 2 is 2.00 bits per heavy atom. The van der Waals surface area contributed by atoms with E-state index in [1.54, 1.807) is 0 Å². The first kappa shape index (κ1) is 15.4. The molecule has 0 bridgehead atoms. The van der Waals surface area contributed by atoms with Gasteiger partial charge in [-0.1, -0.05) is 6.58 Å². The van der Waals surface area contributed by atoms with Gasteiger partial charge in [-0.25, -0.2) is 0 Å². The second-order valence-electron chi connectivity index (χ2n) is 3.63. The van der Waals surface area contributed by atoms with E-state index >= 15 is 0 Å². The zero-order valence-corrected chi connectivity index (χ0v) is 9.69. The minimum Gasteiger partial charge on any atom is -1.00 e. The Balaban J connectivity index is 0. The molecule has 0 rings (SSSR count). The largest absolute Gasteiger partial charge is 1.00 e. The lowest BCUT2D eigenvalue weighted by atomic mass is 10.2. The van der Waals surface area contributed by atoms with E-state index in [2.05, 4.69) is 20.6 Å². The second-order valence-corrected chi connectivity index (χ2v) is 3.63. The van der Waals surface area contributed by atoms with Crippen molar-refractivity contribution in [1.82, 2.24) is 0 Å². The van der Waals surface area contributed by atoms with Gasteiger partial charge in [0.05, 0.1) is 26.7 Å². The molecule has 13 heavy (non-hydrogen) atoms. The Labute approximate surface area is 88.8 Å². The fourth-order valence-electron chi connectivity index (χ4n) is 1.33. The van der Waals surface area contributed by atoms with Crippen LogP contribution in [0.1, 0.15) is 19.8 Å². The number of nitrogens with two attached hydrogens (primary N) is 1. The van der Waals surface area contributed by atoms with Crippen molar-refractivity contribution in [3.05, 3.63) is 12.7 Å². The van der Waals surface area contributed by atoms with E-state index in [-0.39, 0.29) is 12.4 Å². The van der Waals surface area contributed by atoms with Gasteiger partial charge in [0.15, 0.2) is 0 Å². The first-order valence-corrected chi connectivity index (χ1v) is 4.83. The lowest BCUT2D eigenvalue weighted by molar-refractivity contribution is -0.902. The van der Waals surface area contributed by atoms with Gasteiger partial charge in [0.1, 0.15) is 0 Å². The van der Waals surface area contributed by atoms with Crippen molar-refractivity contribution in [2.75, 3.05) is 33.2 Å². The molecule has 0 aliphatic rings. The van der Waals surface area contributed by atoms with E-state index < -0.39 is 0 Å². The van der Waals surface area contributed by atoms with Crippen LogP contribution < -0.4 is 18.1 Å². The van der Waals surface area contributed by atoms with E-state index in [9.17, 15) is 0 Å². The smallest absolute Gasteiger partial charge is 0.0968 e. The first-order chi connectivity index (χ1) is 5.68. The number of quaternary nitrogens is 1. The van der Waals surface area contributed by atoms with Crippen molar-refractivity contribution in [3.63, 3.8) is 0 Å². The molecule has 0 aromatic carbocycles. The van der Waals surface area contributed by atoms with Gasteiger partial charge < -0.3 is 22.6 Å². The monoisotopic (exact) mass is 206 g/mol. The lowest BCUT2D eigenvalue weighted by Gasteiger charge is -2.32. The first-order valence-electron chi connectivity index (χ1n) is 4.83. The molecule has 0 radical (unpaired) electrons. The molecule has 0 saturated carbocycles. The third-order valence-corrected chi connectivity index (χ3v) is 2.49. The van der Waals surface area contributed by atoms with Crippen LogP contribution in [0.5, 0.6) is 0 Å². The number of halogens is 1. The molecule has 1 unspecified atom stereocenters. The van der Waals surface area contributed by atoms with Crippen molar-refractivity contribution in [3.8, 4) is 0 Å². The van der Waals surface area contributed by atoms with E-state index in [4.69, 9.17) is 5.73 Å². The predicted octanol–water partition coefficient (Wildman–Crippen LogP) is -1.62. The fraction of sp³-hybridized carbons (Fsp3) is 0.800. The number of nitrogens with zero attached hydrogens (tertiary/aromatic N) is 1. The maximum absolute atomic E-state index is 5.45. The molecule has 0 aliphatic carbocycles. The maximum Gasteiger partial charge on any atom is 0.0968 e. The molecule has 0 aromatic heterocycles. The Morgan fingerprint density at radius 1 is 1.38 bits per heavy atom. The van der Waals surface area contributed by atoms with Crippen LogP contribution in [0.3, 0.4) is 0 Å². The van der Waals surface area contributed by atoms with Crippen molar-refractivity contribution < 1.29 is 16.9 Å². The van der Waals surface area contributed by atoms with Crippen molar-refractivity contribution in [1.29, 1.82) is 0 Å². The summed E-state index contributed by atoms with van der Waals surface area (Å²) in [6, 6.07) is 0. The SMILES string of the molecule is C=CC[N+](C)(CC)CCCCN.[Cl-]. The lowest BCUT2D eigenvalue weighted by Crippen LogP contribution is -3.00. The second kappa shape index (κ2) is 8.54. The van der Waals surface area contributed by atoms with Crippen molar-refractivity contribution in [2.24, 2.45) is 5.73 Å². The summed E-state index contributed by atoms with van der Waals surface area (Å²) >= 11 is 0. The predicted molar refractivity (Wildman–Crippen MR) is 54.9 cm³/mol. The molecule has 0 heterocycles. The van der Waals surface area contributed by atoms with E-state index in [1.807, 2.05) is 6.08 Å². The van der Waals surface area contributed by atoms with Gasteiger partial charge in [0.2, 0.25) is 0 Å². The van der Waals surface area contributed by atoms with Crippen LogP contribution in [0.2, 0.25) is 0 Å². The van der Waals surface area contributed by atoms with Gasteiger partial charge in [-0.2, -0.15) is 0 Å². The molecular weight excluding hydrogens is 184 g/mol. The van der Waals surface area contributed by atoms with Crippen LogP contribution in [0.4, 0.5) is 0 Å². The molecule has 0 saturated heterocycles. The van der Waals surface area contributed by atoms with E-state index in [0.717, 1.165) is 24.0 Å². The molecule has 80 valence electrons. The van der Waals surface area contributed by atoms with Gasteiger partial charge in [-0.15, -0.1) is 0 Å². The third-order valence-electron chi connectivity index (χ3n) is 2.49. The number of hydrogen-bond acceptors (Lipinski definition) is 1. The molecule has 0 aliphatic heterocycles. The van der Waals surface area contributed by atoms with Gasteiger partial charge >= 0.3 is 0 Å². The van der Waals surface area contributed by atoms with Crippen LogP contribution in [-0.2, 0) is 0 Å². The van der Waals surface area contributed by atoms with Gasteiger partial charge in [-0.3, -0.25) is 0 Å². The highest BCUT2D eigenvalue weighted by Gasteiger charge is 2.15. The molecule has 0 aromatic rings. The summed E-state index contributed by atoms with van der Waals surface area (Å²) in [4.78, 5) is 0. The molecule has 3 heteroatoms. The summed E-state index contributed by atoms with van der Waals surface area (Å²) in [5.74, 6) is 0. The summed E-state index contributed by atoms with van der Waals surface area (Å²) in [6.45, 7) is 10.3. The zero-order valence-electron chi connectivity index (χ0n) is 8.93. The average Bonchev–Trinajstić information content (AvgIpc) is 2.06. The van der Waals surface area contributed by atoms with Crippen molar-refractivity contribution >= 4 is 0 Å². The summed E-state index contributed by atoms with van der Waals surface area (Å²) in [5, 5.41) is 0. The molecule has 0 fully saturated rings. The molecule has 0 amide bonds. The normalized spacial score (nSPS) is 14.4. The Hall–Kier alpha value is -0.0500. The van der Waals surface area contributed by atoms with Gasteiger partial charge in [0, 0.05) is 0 Å². The Kier molecular flexibility index (Phi) is 10.1. The summed E-state index contributed by atoms with van der Waals surface area (Å²) < 4.78 is 1.10. The molecule has 0 spiro atoms. The third kappa shape index (κ3) is 7.05. The highest BCUT2D eigenvalue weighted by atomic mass is 35.5. The Bertz CT molecular complexity index is 128. The zero-order chi connectivity index (χ0) is 9.45. The molecule has 2 nitrogen and oxygen atoms in total. The van der Waals surface area contributed by atoms with Crippen molar-refractivity contribution in [2.45, 2.75) is 19.8 Å². The van der Waals surface area contributed by atoms with Gasteiger partial charge in [0.25, 0.3) is 0 Å². The van der Waals surface area contributed by atoms with E-state index in [0.29, 0.717) is 0 Å². The topological polar surface area (TPSA) is 26.0 Å². The average molecular weight is 207 g/mol. The van der Waals surface area contributed by atoms with Crippen LogP contribution in [0.25, 0.3) is 0 Å². The number of likely N-dealkylation sites (N-methyl/N-ethyl adjacent to an activating group) is 1. The van der Waals surface area contributed by atoms with Crippen LogP contribution in [0, 0.1) is 0 Å². The highest BCUT2D eigenvalue weighted by Crippen LogP contribution is 2.04. The minimum absolute atomic E-state index is 0. The summed E-state index contributed by atoms with van der Waals surface area (Å²) in [7, 11) is 2.28. The molecule has 2 N–H and O–H groups in total. The minimum atomic E-state index is 0. The van der Waals surface area contributed by atoms with Crippen LogP contribution in [-0.4, -0.2) is 37.7 Å². The number of unbranched alkanes of at least 4 members (excludes halogenated alkanes) is 1. The standard InChI is InChI=1S/C10H23N2.ClH/c1-4-9-12(3,5-2)10-7-6-8-11;/h4H,1,5-11H2,2-3H3;1H/q+1;/p-1.